The molecule has 0 aliphatic carbocycles. The highest BCUT2D eigenvalue weighted by Gasteiger charge is 2.17. The third-order valence-electron chi connectivity index (χ3n) is 4.12. The number of nitrogens with one attached hydrogen (secondary N) is 1. The van der Waals surface area contributed by atoms with Crippen molar-refractivity contribution < 1.29 is 0 Å². The summed E-state index contributed by atoms with van der Waals surface area (Å²) in [7, 11) is 0. The maximum atomic E-state index is 12.1. The lowest BCUT2D eigenvalue weighted by Gasteiger charge is -2.09. The van der Waals surface area contributed by atoms with Gasteiger partial charge in [-0.05, 0) is 45.1 Å². The summed E-state index contributed by atoms with van der Waals surface area (Å²) in [6, 6.07) is 0.665. The summed E-state index contributed by atoms with van der Waals surface area (Å²) in [5.74, 6) is 0.991. The zero-order valence-corrected chi connectivity index (χ0v) is 10.9. The molecule has 1 aromatic rings. The average Bonchev–Trinajstić information content (AvgIpc) is 3.00. The molecule has 0 radical (unpaired) electrons. The first-order valence-electron chi connectivity index (χ1n) is 7.24. The highest BCUT2D eigenvalue weighted by Crippen LogP contribution is 2.12. The van der Waals surface area contributed by atoms with Crippen LogP contribution in [0.2, 0.25) is 0 Å². The van der Waals surface area contributed by atoms with Crippen molar-refractivity contribution in [3.05, 3.63) is 16.3 Å². The SMILES string of the molecule is O=c1n(CCCC2CCCN2)nc2n1CCCC2. The molecule has 1 fully saturated rings. The smallest absolute Gasteiger partial charge is 0.314 e. The van der Waals surface area contributed by atoms with Gasteiger partial charge in [0.05, 0.1) is 0 Å². The molecule has 2 aliphatic heterocycles. The first-order valence-corrected chi connectivity index (χ1v) is 7.24. The van der Waals surface area contributed by atoms with Gasteiger partial charge in [-0.15, -0.1) is 0 Å². The Morgan fingerprint density at radius 2 is 2.28 bits per heavy atom. The number of aromatic nitrogens is 3. The van der Waals surface area contributed by atoms with Gasteiger partial charge in [-0.2, -0.15) is 5.10 Å². The number of nitrogens with zero attached hydrogens (tertiary/aromatic N) is 3. The van der Waals surface area contributed by atoms with E-state index in [1.165, 1.54) is 19.3 Å². The highest BCUT2D eigenvalue weighted by molar-refractivity contribution is 4.91. The number of hydrogen-bond donors (Lipinski definition) is 1. The topological polar surface area (TPSA) is 51.9 Å². The van der Waals surface area contributed by atoms with E-state index in [9.17, 15) is 4.79 Å². The molecule has 0 aromatic carbocycles. The van der Waals surface area contributed by atoms with Gasteiger partial charge >= 0.3 is 5.69 Å². The third kappa shape index (κ3) is 2.36. The van der Waals surface area contributed by atoms with Gasteiger partial charge in [0.15, 0.2) is 0 Å². The lowest BCUT2D eigenvalue weighted by atomic mass is 10.1. The van der Waals surface area contributed by atoms with Crippen molar-refractivity contribution in [3.8, 4) is 0 Å². The second-order valence-corrected chi connectivity index (χ2v) is 5.47. The first kappa shape index (κ1) is 12.0. The Bertz CT molecular complexity index is 456. The average molecular weight is 250 g/mol. The standard InChI is InChI=1S/C13H22N4O/c18-13-16-9-2-1-7-12(16)15-17(13)10-4-6-11-5-3-8-14-11/h11,14H,1-10H2. The molecule has 1 atom stereocenters. The van der Waals surface area contributed by atoms with Crippen LogP contribution >= 0.6 is 0 Å². The molecule has 0 spiro atoms. The van der Waals surface area contributed by atoms with E-state index in [0.717, 1.165) is 51.1 Å². The predicted octanol–water partition coefficient (Wildman–Crippen LogP) is 0.913. The fourth-order valence-electron chi connectivity index (χ4n) is 3.08. The second-order valence-electron chi connectivity index (χ2n) is 5.47. The molecule has 1 N–H and O–H groups in total. The fraction of sp³-hybridized carbons (Fsp3) is 0.846. The molecular weight excluding hydrogens is 228 g/mol. The van der Waals surface area contributed by atoms with Crippen LogP contribution < -0.4 is 11.0 Å². The molecule has 1 saturated heterocycles. The van der Waals surface area contributed by atoms with E-state index < -0.39 is 0 Å². The van der Waals surface area contributed by atoms with Gasteiger partial charge in [0.25, 0.3) is 0 Å². The Balaban J connectivity index is 1.59. The minimum absolute atomic E-state index is 0.101. The summed E-state index contributed by atoms with van der Waals surface area (Å²) in [5, 5.41) is 7.95. The summed E-state index contributed by atoms with van der Waals surface area (Å²) in [6.45, 7) is 2.79. The van der Waals surface area contributed by atoms with Gasteiger partial charge in [0, 0.05) is 25.6 Å². The van der Waals surface area contributed by atoms with Crippen molar-refractivity contribution in [2.75, 3.05) is 6.54 Å². The van der Waals surface area contributed by atoms with E-state index >= 15 is 0 Å². The third-order valence-corrected chi connectivity index (χ3v) is 4.12. The molecule has 0 saturated carbocycles. The van der Waals surface area contributed by atoms with Gasteiger partial charge in [0.2, 0.25) is 0 Å². The molecule has 1 unspecified atom stereocenters. The van der Waals surface area contributed by atoms with Gasteiger partial charge in [-0.1, -0.05) is 0 Å². The molecule has 3 rings (SSSR count). The maximum absolute atomic E-state index is 12.1. The molecule has 0 amide bonds. The molecule has 5 nitrogen and oxygen atoms in total. The predicted molar refractivity (Wildman–Crippen MR) is 69.7 cm³/mol. The summed E-state index contributed by atoms with van der Waals surface area (Å²) in [5.41, 5.74) is 0.101. The van der Waals surface area contributed by atoms with Crippen LogP contribution in [0, 0.1) is 0 Å². The van der Waals surface area contributed by atoms with Crippen molar-refractivity contribution in [1.82, 2.24) is 19.7 Å². The maximum Gasteiger partial charge on any atom is 0.345 e. The van der Waals surface area contributed by atoms with E-state index in [-0.39, 0.29) is 5.69 Å². The number of hydrogen-bond acceptors (Lipinski definition) is 3. The van der Waals surface area contributed by atoms with E-state index in [2.05, 4.69) is 10.4 Å². The Morgan fingerprint density at radius 1 is 1.33 bits per heavy atom. The highest BCUT2D eigenvalue weighted by atomic mass is 16.2. The zero-order chi connectivity index (χ0) is 12.4. The molecule has 5 heteroatoms. The number of fused-ring (bicyclic) bond motifs is 1. The van der Waals surface area contributed by atoms with Crippen LogP contribution in [0.1, 0.15) is 44.3 Å². The molecule has 2 aliphatic rings. The Labute approximate surface area is 107 Å². The largest absolute Gasteiger partial charge is 0.345 e. The van der Waals surface area contributed by atoms with Crippen molar-refractivity contribution in [2.24, 2.45) is 0 Å². The van der Waals surface area contributed by atoms with E-state index in [4.69, 9.17) is 0 Å². The lowest BCUT2D eigenvalue weighted by Crippen LogP contribution is -2.27. The van der Waals surface area contributed by atoms with Crippen LogP contribution in [-0.2, 0) is 19.5 Å². The lowest BCUT2D eigenvalue weighted by molar-refractivity contribution is 0.473. The molecule has 100 valence electrons. The minimum atomic E-state index is 0.101. The van der Waals surface area contributed by atoms with Crippen LogP contribution in [0.5, 0.6) is 0 Å². The van der Waals surface area contributed by atoms with Crippen molar-refractivity contribution in [2.45, 2.75) is 64.1 Å². The second kappa shape index (κ2) is 5.26. The van der Waals surface area contributed by atoms with E-state index in [1.54, 1.807) is 4.68 Å². The van der Waals surface area contributed by atoms with E-state index in [0.29, 0.717) is 6.04 Å². The molecule has 3 heterocycles. The summed E-state index contributed by atoms with van der Waals surface area (Å²) in [6.07, 6.45) is 8.04. The van der Waals surface area contributed by atoms with Crippen molar-refractivity contribution >= 4 is 0 Å². The van der Waals surface area contributed by atoms with Crippen LogP contribution in [-0.4, -0.2) is 26.9 Å². The van der Waals surface area contributed by atoms with Crippen LogP contribution in [0.4, 0.5) is 0 Å². The minimum Gasteiger partial charge on any atom is -0.314 e. The van der Waals surface area contributed by atoms with Gasteiger partial charge in [0.1, 0.15) is 5.82 Å². The Kier molecular flexibility index (Phi) is 3.50. The zero-order valence-electron chi connectivity index (χ0n) is 10.9. The summed E-state index contributed by atoms with van der Waals surface area (Å²) < 4.78 is 3.53. The fourth-order valence-corrected chi connectivity index (χ4v) is 3.08. The molecule has 1 aromatic heterocycles. The molecule has 18 heavy (non-hydrogen) atoms. The van der Waals surface area contributed by atoms with Gasteiger partial charge in [-0.3, -0.25) is 4.57 Å². The summed E-state index contributed by atoms with van der Waals surface area (Å²) in [4.78, 5) is 12.1. The van der Waals surface area contributed by atoms with Crippen molar-refractivity contribution in [3.63, 3.8) is 0 Å². The van der Waals surface area contributed by atoms with Crippen LogP contribution in [0.3, 0.4) is 0 Å². The number of rotatable bonds is 4. The van der Waals surface area contributed by atoms with Gasteiger partial charge < -0.3 is 5.32 Å². The number of aryl methyl sites for hydroxylation is 2. The molecular formula is C13H22N4O. The van der Waals surface area contributed by atoms with E-state index in [1.807, 2.05) is 4.57 Å². The quantitative estimate of drug-likeness (QED) is 0.864. The summed E-state index contributed by atoms with van der Waals surface area (Å²) >= 11 is 0. The monoisotopic (exact) mass is 250 g/mol. The van der Waals surface area contributed by atoms with Crippen molar-refractivity contribution in [1.29, 1.82) is 0 Å². The van der Waals surface area contributed by atoms with Gasteiger partial charge in [-0.25, -0.2) is 9.48 Å². The molecule has 0 bridgehead atoms. The Hall–Kier alpha value is -1.10. The first-order chi connectivity index (χ1) is 8.84. The van der Waals surface area contributed by atoms with Crippen LogP contribution in [0.15, 0.2) is 4.79 Å². The van der Waals surface area contributed by atoms with Crippen LogP contribution in [0.25, 0.3) is 0 Å². The Morgan fingerprint density at radius 3 is 3.06 bits per heavy atom. The normalized spacial score (nSPS) is 23.2.